The highest BCUT2D eigenvalue weighted by Crippen LogP contribution is 2.29. The number of hydrogen-bond donors (Lipinski definition) is 1. The molecule has 22 heavy (non-hydrogen) atoms. The molecule has 0 spiro atoms. The minimum atomic E-state index is -4.35. The van der Waals surface area contributed by atoms with Crippen molar-refractivity contribution in [1.29, 1.82) is 0 Å². The molecule has 2 rings (SSSR count). The van der Waals surface area contributed by atoms with Gasteiger partial charge in [-0.1, -0.05) is 12.1 Å². The fourth-order valence-corrected chi connectivity index (χ4v) is 2.00. The molecule has 1 aromatic carbocycles. The highest BCUT2D eigenvalue weighted by Gasteiger charge is 2.29. The molecule has 1 aliphatic carbocycles. The van der Waals surface area contributed by atoms with Crippen LogP contribution in [0.4, 0.5) is 13.2 Å². The molecule has 1 aromatic rings. The number of carbonyl (C=O) groups excluding carboxylic acids is 1. The van der Waals surface area contributed by atoms with E-state index in [0.29, 0.717) is 18.7 Å². The van der Waals surface area contributed by atoms with Crippen molar-refractivity contribution < 1.29 is 22.7 Å². The second-order valence-corrected chi connectivity index (χ2v) is 5.59. The summed E-state index contributed by atoms with van der Waals surface area (Å²) in [6, 6.07) is 4.66. The minimum absolute atomic E-state index is 0.0844. The van der Waals surface area contributed by atoms with Gasteiger partial charge < -0.3 is 10.1 Å². The van der Waals surface area contributed by atoms with Gasteiger partial charge in [0.1, 0.15) is 0 Å². The van der Waals surface area contributed by atoms with Crippen molar-refractivity contribution in [3.05, 3.63) is 35.4 Å². The first-order valence-electron chi connectivity index (χ1n) is 7.46. The van der Waals surface area contributed by atoms with Gasteiger partial charge in [-0.25, -0.2) is 0 Å². The van der Waals surface area contributed by atoms with Gasteiger partial charge in [0.05, 0.1) is 12.0 Å². The molecule has 1 fully saturated rings. The van der Waals surface area contributed by atoms with E-state index in [4.69, 9.17) is 4.74 Å². The molecule has 0 aliphatic heterocycles. The number of ether oxygens (including phenoxy) is 1. The van der Waals surface area contributed by atoms with Crippen LogP contribution in [-0.4, -0.2) is 25.7 Å². The fourth-order valence-electron chi connectivity index (χ4n) is 2.00. The van der Waals surface area contributed by atoms with Crippen molar-refractivity contribution in [2.24, 2.45) is 5.92 Å². The Morgan fingerprint density at radius 1 is 1.23 bits per heavy atom. The molecular formula is C16H20F3NO2. The molecule has 0 unspecified atom stereocenters. The molecule has 122 valence electrons. The highest BCUT2D eigenvalue weighted by molar-refractivity contribution is 5.78. The number of amides is 1. The van der Waals surface area contributed by atoms with E-state index in [1.807, 2.05) is 0 Å². The molecule has 0 aromatic heterocycles. The van der Waals surface area contributed by atoms with Crippen molar-refractivity contribution in [2.75, 3.05) is 19.8 Å². The summed E-state index contributed by atoms with van der Waals surface area (Å²) >= 11 is 0. The van der Waals surface area contributed by atoms with E-state index >= 15 is 0 Å². The van der Waals surface area contributed by atoms with Gasteiger partial charge in [-0.05, 0) is 42.9 Å². The Bertz CT molecular complexity index is 481. The molecule has 1 amide bonds. The molecule has 0 bridgehead atoms. The summed E-state index contributed by atoms with van der Waals surface area (Å²) in [5, 5.41) is 2.74. The van der Waals surface area contributed by atoms with Gasteiger partial charge in [0.15, 0.2) is 0 Å². The smallest absolute Gasteiger partial charge is 0.381 e. The van der Waals surface area contributed by atoms with E-state index in [0.717, 1.165) is 31.1 Å². The van der Waals surface area contributed by atoms with Crippen LogP contribution in [0.3, 0.4) is 0 Å². The third-order valence-corrected chi connectivity index (χ3v) is 3.48. The largest absolute Gasteiger partial charge is 0.416 e. The van der Waals surface area contributed by atoms with Gasteiger partial charge in [-0.15, -0.1) is 0 Å². The lowest BCUT2D eigenvalue weighted by molar-refractivity contribution is -0.137. The van der Waals surface area contributed by atoms with Crippen LogP contribution < -0.4 is 5.32 Å². The van der Waals surface area contributed by atoms with Crippen molar-refractivity contribution >= 4 is 5.91 Å². The van der Waals surface area contributed by atoms with Gasteiger partial charge >= 0.3 is 6.18 Å². The highest BCUT2D eigenvalue weighted by atomic mass is 19.4. The van der Waals surface area contributed by atoms with Crippen LogP contribution in [0.1, 0.15) is 30.4 Å². The van der Waals surface area contributed by atoms with Crippen LogP contribution in [0.15, 0.2) is 24.3 Å². The second kappa shape index (κ2) is 7.63. The standard InChI is InChI=1S/C16H20F3NO2/c17-16(18,19)14-6-4-12(5-7-14)10-15(21)20-8-1-9-22-11-13-2-3-13/h4-7,13H,1-3,8-11H2,(H,20,21). The van der Waals surface area contributed by atoms with E-state index in [1.54, 1.807) is 0 Å². The van der Waals surface area contributed by atoms with Crippen LogP contribution >= 0.6 is 0 Å². The lowest BCUT2D eigenvalue weighted by Gasteiger charge is -2.08. The Balaban J connectivity index is 1.61. The third kappa shape index (κ3) is 6.05. The average molecular weight is 315 g/mol. The third-order valence-electron chi connectivity index (χ3n) is 3.48. The first-order valence-corrected chi connectivity index (χ1v) is 7.46. The van der Waals surface area contributed by atoms with Crippen molar-refractivity contribution in [3.8, 4) is 0 Å². The summed E-state index contributed by atoms with van der Waals surface area (Å²) in [5.74, 6) is 0.538. The van der Waals surface area contributed by atoms with Gasteiger partial charge in [-0.3, -0.25) is 4.79 Å². The maximum Gasteiger partial charge on any atom is 0.416 e. The number of alkyl halides is 3. The fraction of sp³-hybridized carbons (Fsp3) is 0.562. The number of rotatable bonds is 8. The van der Waals surface area contributed by atoms with E-state index in [9.17, 15) is 18.0 Å². The normalized spacial score (nSPS) is 14.9. The number of benzene rings is 1. The minimum Gasteiger partial charge on any atom is -0.381 e. The lowest BCUT2D eigenvalue weighted by Crippen LogP contribution is -2.26. The summed E-state index contributed by atoms with van der Waals surface area (Å²) in [6.07, 6.45) is -1.01. The van der Waals surface area contributed by atoms with E-state index in [-0.39, 0.29) is 12.3 Å². The Morgan fingerprint density at radius 3 is 2.50 bits per heavy atom. The zero-order valence-corrected chi connectivity index (χ0v) is 12.3. The summed E-state index contributed by atoms with van der Waals surface area (Å²) in [5.41, 5.74) is -0.139. The Morgan fingerprint density at radius 2 is 1.91 bits per heavy atom. The van der Waals surface area contributed by atoms with Crippen molar-refractivity contribution in [2.45, 2.75) is 31.9 Å². The molecule has 0 radical (unpaired) electrons. The molecule has 1 aliphatic rings. The molecule has 3 nitrogen and oxygen atoms in total. The molecule has 0 heterocycles. The Labute approximate surface area is 127 Å². The first kappa shape index (κ1) is 16.8. The predicted molar refractivity (Wildman–Crippen MR) is 76.3 cm³/mol. The van der Waals surface area contributed by atoms with Crippen LogP contribution in [0.2, 0.25) is 0 Å². The lowest BCUT2D eigenvalue weighted by atomic mass is 10.1. The molecular weight excluding hydrogens is 295 g/mol. The monoisotopic (exact) mass is 315 g/mol. The molecule has 6 heteroatoms. The summed E-state index contributed by atoms with van der Waals surface area (Å²) in [6.45, 7) is 1.95. The summed E-state index contributed by atoms with van der Waals surface area (Å²) < 4.78 is 42.7. The van der Waals surface area contributed by atoms with E-state index < -0.39 is 11.7 Å². The van der Waals surface area contributed by atoms with E-state index in [1.165, 1.54) is 25.0 Å². The number of halogens is 3. The molecule has 1 N–H and O–H groups in total. The van der Waals surface area contributed by atoms with Crippen LogP contribution in [-0.2, 0) is 22.1 Å². The molecule has 0 saturated heterocycles. The quantitative estimate of drug-likeness (QED) is 0.748. The van der Waals surface area contributed by atoms with Crippen LogP contribution in [0.5, 0.6) is 0 Å². The Hall–Kier alpha value is -1.56. The van der Waals surface area contributed by atoms with Gasteiger partial charge in [0.2, 0.25) is 5.91 Å². The van der Waals surface area contributed by atoms with Gasteiger partial charge in [0.25, 0.3) is 0 Å². The SMILES string of the molecule is O=C(Cc1ccc(C(F)(F)F)cc1)NCCCOCC1CC1. The van der Waals surface area contributed by atoms with E-state index in [2.05, 4.69) is 5.32 Å². The Kier molecular flexibility index (Phi) is 5.83. The molecule has 0 atom stereocenters. The second-order valence-electron chi connectivity index (χ2n) is 5.59. The predicted octanol–water partition coefficient (Wildman–Crippen LogP) is 3.18. The topological polar surface area (TPSA) is 38.3 Å². The van der Waals surface area contributed by atoms with Crippen molar-refractivity contribution in [3.63, 3.8) is 0 Å². The zero-order valence-electron chi connectivity index (χ0n) is 12.3. The number of nitrogens with one attached hydrogen (secondary N) is 1. The number of hydrogen-bond acceptors (Lipinski definition) is 2. The maximum absolute atomic E-state index is 12.4. The number of carbonyl (C=O) groups is 1. The van der Waals surface area contributed by atoms with Crippen molar-refractivity contribution in [1.82, 2.24) is 5.32 Å². The average Bonchev–Trinajstić information content (AvgIpc) is 3.26. The summed E-state index contributed by atoms with van der Waals surface area (Å²) in [4.78, 5) is 11.7. The first-order chi connectivity index (χ1) is 10.4. The van der Waals surface area contributed by atoms with Crippen LogP contribution in [0, 0.1) is 5.92 Å². The zero-order chi connectivity index (χ0) is 16.0. The summed E-state index contributed by atoms with van der Waals surface area (Å²) in [7, 11) is 0. The van der Waals surface area contributed by atoms with Gasteiger partial charge in [-0.2, -0.15) is 13.2 Å². The molecule has 1 saturated carbocycles. The van der Waals surface area contributed by atoms with Gasteiger partial charge in [0, 0.05) is 19.8 Å². The van der Waals surface area contributed by atoms with Crippen LogP contribution in [0.25, 0.3) is 0 Å². The maximum atomic E-state index is 12.4.